The van der Waals surface area contributed by atoms with Crippen molar-refractivity contribution in [3.63, 3.8) is 0 Å². The third kappa shape index (κ3) is 5.17. The number of fused-ring (bicyclic) bond motifs is 1. The van der Waals surface area contributed by atoms with Crippen LogP contribution in [-0.2, 0) is 15.0 Å². The Morgan fingerprint density at radius 2 is 2.18 bits per heavy atom. The SMILES string of the molecule is C=CCN1CC[C@@]2(c3cccc(OC(C)=O)c3)C[C@@H](N(C)C(=O)/C=C/c3ccoc3)CC[C@@H]2C1. The minimum Gasteiger partial charge on any atom is -0.472 e. The van der Waals surface area contributed by atoms with Crippen LogP contribution in [0.1, 0.15) is 43.7 Å². The molecule has 6 nitrogen and oxygen atoms in total. The van der Waals surface area contributed by atoms with Crippen LogP contribution in [0.3, 0.4) is 0 Å². The van der Waals surface area contributed by atoms with Crippen molar-refractivity contribution in [2.75, 3.05) is 26.7 Å². The van der Waals surface area contributed by atoms with Crippen molar-refractivity contribution in [3.8, 4) is 5.75 Å². The maximum atomic E-state index is 13.0. The summed E-state index contributed by atoms with van der Waals surface area (Å²) in [5.74, 6) is 0.733. The molecule has 1 saturated heterocycles. The van der Waals surface area contributed by atoms with E-state index in [1.54, 1.807) is 24.7 Å². The van der Waals surface area contributed by atoms with Gasteiger partial charge in [-0.2, -0.15) is 0 Å². The van der Waals surface area contributed by atoms with Gasteiger partial charge < -0.3 is 14.1 Å². The summed E-state index contributed by atoms with van der Waals surface area (Å²) in [7, 11) is 1.91. The second-order valence-electron chi connectivity index (χ2n) is 9.55. The molecule has 2 aliphatic rings. The van der Waals surface area contributed by atoms with E-state index < -0.39 is 0 Å². The highest BCUT2D eigenvalue weighted by Crippen LogP contribution is 2.50. The molecule has 1 saturated carbocycles. The number of nitrogens with zero attached hydrogens (tertiary/aromatic N) is 2. The van der Waals surface area contributed by atoms with E-state index in [-0.39, 0.29) is 23.3 Å². The zero-order valence-electron chi connectivity index (χ0n) is 20.1. The summed E-state index contributed by atoms with van der Waals surface area (Å²) >= 11 is 0. The maximum Gasteiger partial charge on any atom is 0.308 e. The summed E-state index contributed by atoms with van der Waals surface area (Å²) in [6.45, 7) is 8.22. The average molecular weight is 463 g/mol. The Morgan fingerprint density at radius 3 is 2.91 bits per heavy atom. The van der Waals surface area contributed by atoms with E-state index in [1.807, 2.05) is 42.3 Å². The van der Waals surface area contributed by atoms with Crippen LogP contribution in [0.5, 0.6) is 5.75 Å². The van der Waals surface area contributed by atoms with Crippen molar-refractivity contribution in [1.29, 1.82) is 0 Å². The van der Waals surface area contributed by atoms with E-state index in [0.29, 0.717) is 11.7 Å². The predicted molar refractivity (Wildman–Crippen MR) is 132 cm³/mol. The summed E-state index contributed by atoms with van der Waals surface area (Å²) in [6, 6.07) is 9.96. The number of carbonyl (C=O) groups excluding carboxylic acids is 2. The average Bonchev–Trinajstić information content (AvgIpc) is 3.35. The van der Waals surface area contributed by atoms with Gasteiger partial charge in [-0.15, -0.1) is 6.58 Å². The van der Waals surface area contributed by atoms with Crippen LogP contribution in [0.15, 0.2) is 66.0 Å². The van der Waals surface area contributed by atoms with Crippen LogP contribution >= 0.6 is 0 Å². The summed E-state index contributed by atoms with van der Waals surface area (Å²) in [5.41, 5.74) is 2.01. The maximum absolute atomic E-state index is 13.0. The number of likely N-dealkylation sites (tertiary alicyclic amines) is 1. The number of benzene rings is 1. The molecule has 6 heteroatoms. The first-order valence-corrected chi connectivity index (χ1v) is 12.0. The molecule has 1 aliphatic heterocycles. The molecular formula is C28H34N2O4. The van der Waals surface area contributed by atoms with Gasteiger partial charge in [0.2, 0.25) is 5.91 Å². The van der Waals surface area contributed by atoms with Gasteiger partial charge in [0.1, 0.15) is 5.75 Å². The molecule has 2 fully saturated rings. The summed E-state index contributed by atoms with van der Waals surface area (Å²) < 4.78 is 10.5. The van der Waals surface area contributed by atoms with Crippen LogP contribution in [0.2, 0.25) is 0 Å². The van der Waals surface area contributed by atoms with E-state index in [0.717, 1.165) is 50.9 Å². The Bertz CT molecular complexity index is 1040. The van der Waals surface area contributed by atoms with Gasteiger partial charge >= 0.3 is 5.97 Å². The van der Waals surface area contributed by atoms with Crippen LogP contribution in [0.4, 0.5) is 0 Å². The van der Waals surface area contributed by atoms with E-state index in [9.17, 15) is 9.59 Å². The van der Waals surface area contributed by atoms with Crippen LogP contribution in [-0.4, -0.2) is 54.4 Å². The standard InChI is InChI=1S/C28H34N2O4/c1-4-14-30-15-13-28(23-6-5-7-26(17-23)34-21(2)31)18-25(10-9-24(28)19-30)29(3)27(32)11-8-22-12-16-33-20-22/h4-8,11-12,16-17,20,24-25H,1,9-10,13-15,18-19H2,2-3H3/b11-8+/t24-,25+,28+/m1/s1. The molecule has 180 valence electrons. The minimum atomic E-state index is -0.316. The monoisotopic (exact) mass is 462 g/mol. The molecule has 2 aromatic rings. The second-order valence-corrected chi connectivity index (χ2v) is 9.55. The minimum absolute atomic E-state index is 0.00226. The number of furan rings is 1. The van der Waals surface area contributed by atoms with Crippen LogP contribution < -0.4 is 4.74 Å². The summed E-state index contributed by atoms with van der Waals surface area (Å²) in [5, 5.41) is 0. The smallest absolute Gasteiger partial charge is 0.308 e. The Balaban J connectivity index is 1.59. The first-order valence-electron chi connectivity index (χ1n) is 12.0. The van der Waals surface area contributed by atoms with E-state index in [1.165, 1.54) is 12.5 Å². The predicted octanol–water partition coefficient (Wildman–Crippen LogP) is 4.67. The highest BCUT2D eigenvalue weighted by Gasteiger charge is 2.49. The van der Waals surface area contributed by atoms with Crippen LogP contribution in [0.25, 0.3) is 6.08 Å². The Morgan fingerprint density at radius 1 is 1.32 bits per heavy atom. The fourth-order valence-electron chi connectivity index (χ4n) is 5.74. The summed E-state index contributed by atoms with van der Waals surface area (Å²) in [6.07, 6.45) is 12.5. The molecule has 1 aromatic carbocycles. The molecule has 0 bridgehead atoms. The lowest BCUT2D eigenvalue weighted by Crippen LogP contribution is -2.56. The number of hydrogen-bond acceptors (Lipinski definition) is 5. The highest BCUT2D eigenvalue weighted by atomic mass is 16.5. The van der Waals surface area contributed by atoms with Crippen molar-refractivity contribution >= 4 is 18.0 Å². The van der Waals surface area contributed by atoms with Gasteiger partial charge in [-0.3, -0.25) is 14.5 Å². The quantitative estimate of drug-likeness (QED) is 0.259. The van der Waals surface area contributed by atoms with E-state index >= 15 is 0 Å². The van der Waals surface area contributed by atoms with E-state index in [4.69, 9.17) is 9.15 Å². The van der Waals surface area contributed by atoms with Crippen molar-refractivity contribution in [2.45, 2.75) is 44.1 Å². The Hall–Kier alpha value is -3.12. The number of rotatable bonds is 7. The van der Waals surface area contributed by atoms with Gasteiger partial charge in [0.25, 0.3) is 0 Å². The number of piperidine rings is 1. The molecule has 0 N–H and O–H groups in total. The number of carbonyl (C=O) groups is 2. The second kappa shape index (κ2) is 10.4. The number of hydrogen-bond donors (Lipinski definition) is 0. The van der Waals surface area contributed by atoms with Gasteiger partial charge in [0.05, 0.1) is 12.5 Å². The molecule has 34 heavy (non-hydrogen) atoms. The fraction of sp³-hybridized carbons (Fsp3) is 0.429. The first-order chi connectivity index (χ1) is 16.4. The van der Waals surface area contributed by atoms with Crippen LogP contribution in [0, 0.1) is 5.92 Å². The van der Waals surface area contributed by atoms with Gasteiger partial charge in [0.15, 0.2) is 0 Å². The molecule has 0 radical (unpaired) electrons. The highest BCUT2D eigenvalue weighted by molar-refractivity contribution is 5.91. The first kappa shape index (κ1) is 24.0. The van der Waals surface area contributed by atoms with Crippen molar-refractivity contribution in [2.24, 2.45) is 5.92 Å². The van der Waals surface area contributed by atoms with Gasteiger partial charge in [-0.1, -0.05) is 18.2 Å². The largest absolute Gasteiger partial charge is 0.472 e. The molecule has 1 aliphatic carbocycles. The fourth-order valence-corrected chi connectivity index (χ4v) is 5.74. The molecule has 4 rings (SSSR count). The topological polar surface area (TPSA) is 63.0 Å². The Labute approximate surface area is 201 Å². The molecule has 2 heterocycles. The van der Waals surface area contributed by atoms with E-state index in [2.05, 4.69) is 17.5 Å². The number of likely N-dealkylation sites (N-methyl/N-ethyl adjacent to an activating group) is 1. The molecule has 0 spiro atoms. The molecule has 1 amide bonds. The lowest BCUT2D eigenvalue weighted by atomic mass is 9.57. The zero-order chi connectivity index (χ0) is 24.1. The van der Waals surface area contributed by atoms with Crippen molar-refractivity contribution < 1.29 is 18.7 Å². The third-order valence-corrected chi connectivity index (χ3v) is 7.50. The third-order valence-electron chi connectivity index (χ3n) is 7.50. The van der Waals surface area contributed by atoms with Crippen molar-refractivity contribution in [1.82, 2.24) is 9.80 Å². The molecule has 3 atom stereocenters. The van der Waals surface area contributed by atoms with Gasteiger partial charge in [-0.25, -0.2) is 0 Å². The normalized spacial score (nSPS) is 25.0. The van der Waals surface area contributed by atoms with Crippen molar-refractivity contribution in [3.05, 3.63) is 72.7 Å². The Kier molecular flexibility index (Phi) is 7.37. The zero-order valence-corrected chi connectivity index (χ0v) is 20.1. The number of amides is 1. The lowest BCUT2D eigenvalue weighted by Gasteiger charge is -2.54. The number of esters is 1. The molecule has 1 aromatic heterocycles. The lowest BCUT2D eigenvalue weighted by molar-refractivity contribution is -0.132. The van der Waals surface area contributed by atoms with Gasteiger partial charge in [0, 0.05) is 50.2 Å². The summed E-state index contributed by atoms with van der Waals surface area (Å²) in [4.78, 5) is 28.9. The molecular weight excluding hydrogens is 428 g/mol. The number of ether oxygens (including phenoxy) is 1. The van der Waals surface area contributed by atoms with Gasteiger partial charge in [-0.05, 0) is 68.0 Å². The molecule has 0 unspecified atom stereocenters.